The smallest absolute Gasteiger partial charge is 0.157 e. The molecule has 0 radical (unpaired) electrons. The SMILES string of the molecule is CC(C)C(CO)Cc1nnnn1-c1ccccc1. The van der Waals surface area contributed by atoms with E-state index in [9.17, 15) is 5.11 Å². The third kappa shape index (κ3) is 2.73. The third-order valence-electron chi connectivity index (χ3n) is 3.16. The maximum absolute atomic E-state index is 9.38. The Morgan fingerprint density at radius 3 is 2.56 bits per heavy atom. The fourth-order valence-electron chi connectivity index (χ4n) is 1.85. The fourth-order valence-corrected chi connectivity index (χ4v) is 1.85. The first-order valence-corrected chi connectivity index (χ1v) is 6.16. The molecular formula is C13H18N4O. The molecule has 1 atom stereocenters. The molecular weight excluding hydrogens is 228 g/mol. The van der Waals surface area contributed by atoms with Gasteiger partial charge >= 0.3 is 0 Å². The Labute approximate surface area is 106 Å². The zero-order valence-corrected chi connectivity index (χ0v) is 10.7. The molecule has 1 aromatic heterocycles. The molecule has 0 aliphatic rings. The van der Waals surface area contributed by atoms with Crippen LogP contribution in [0.25, 0.3) is 5.69 Å². The quantitative estimate of drug-likeness (QED) is 0.867. The molecule has 0 amide bonds. The summed E-state index contributed by atoms with van der Waals surface area (Å²) in [5.41, 5.74) is 0.943. The molecule has 5 nitrogen and oxygen atoms in total. The number of nitrogens with zero attached hydrogens (tertiary/aromatic N) is 4. The average Bonchev–Trinajstić information content (AvgIpc) is 2.84. The van der Waals surface area contributed by atoms with Crippen LogP contribution in [0, 0.1) is 11.8 Å². The lowest BCUT2D eigenvalue weighted by Gasteiger charge is -2.17. The summed E-state index contributed by atoms with van der Waals surface area (Å²) >= 11 is 0. The molecule has 1 heterocycles. The van der Waals surface area contributed by atoms with E-state index in [2.05, 4.69) is 29.4 Å². The van der Waals surface area contributed by atoms with Crippen molar-refractivity contribution in [2.45, 2.75) is 20.3 Å². The second-order valence-corrected chi connectivity index (χ2v) is 4.73. The highest BCUT2D eigenvalue weighted by Gasteiger charge is 2.17. The Kier molecular flexibility index (Phi) is 4.04. The van der Waals surface area contributed by atoms with Crippen molar-refractivity contribution in [3.05, 3.63) is 36.2 Å². The standard InChI is InChI=1S/C13H18N4O/c1-10(2)11(9-18)8-13-14-15-16-17(13)12-6-4-3-5-7-12/h3-7,10-11,18H,8-9H2,1-2H3. The highest BCUT2D eigenvalue weighted by atomic mass is 16.3. The minimum Gasteiger partial charge on any atom is -0.396 e. The Morgan fingerprint density at radius 1 is 1.22 bits per heavy atom. The number of para-hydroxylation sites is 1. The number of hydrogen-bond donors (Lipinski definition) is 1. The van der Waals surface area contributed by atoms with Crippen molar-refractivity contribution < 1.29 is 5.11 Å². The molecule has 0 saturated carbocycles. The van der Waals surface area contributed by atoms with Crippen LogP contribution in [0.2, 0.25) is 0 Å². The molecule has 0 aliphatic carbocycles. The highest BCUT2D eigenvalue weighted by Crippen LogP contribution is 2.16. The van der Waals surface area contributed by atoms with Gasteiger partial charge in [-0.05, 0) is 34.4 Å². The van der Waals surface area contributed by atoms with E-state index in [1.54, 1.807) is 4.68 Å². The largest absolute Gasteiger partial charge is 0.396 e. The normalized spacial score (nSPS) is 12.9. The summed E-state index contributed by atoms with van der Waals surface area (Å²) in [4.78, 5) is 0. The first kappa shape index (κ1) is 12.7. The van der Waals surface area contributed by atoms with Gasteiger partial charge in [-0.3, -0.25) is 0 Å². The number of aliphatic hydroxyl groups is 1. The van der Waals surface area contributed by atoms with E-state index in [1.165, 1.54) is 0 Å². The van der Waals surface area contributed by atoms with Gasteiger partial charge in [-0.2, -0.15) is 4.68 Å². The fraction of sp³-hybridized carbons (Fsp3) is 0.462. The van der Waals surface area contributed by atoms with E-state index >= 15 is 0 Å². The van der Waals surface area contributed by atoms with Crippen molar-refractivity contribution in [3.63, 3.8) is 0 Å². The highest BCUT2D eigenvalue weighted by molar-refractivity contribution is 5.30. The number of benzene rings is 1. The number of rotatable bonds is 5. The van der Waals surface area contributed by atoms with Crippen molar-refractivity contribution in [1.82, 2.24) is 20.2 Å². The zero-order valence-electron chi connectivity index (χ0n) is 10.7. The maximum Gasteiger partial charge on any atom is 0.157 e. The van der Waals surface area contributed by atoms with E-state index in [4.69, 9.17) is 0 Å². The van der Waals surface area contributed by atoms with Gasteiger partial charge in [0.25, 0.3) is 0 Å². The molecule has 1 N–H and O–H groups in total. The average molecular weight is 246 g/mol. The topological polar surface area (TPSA) is 63.8 Å². The Balaban J connectivity index is 2.23. The molecule has 0 bridgehead atoms. The van der Waals surface area contributed by atoms with Crippen LogP contribution in [-0.4, -0.2) is 31.9 Å². The monoisotopic (exact) mass is 246 g/mol. The maximum atomic E-state index is 9.38. The van der Waals surface area contributed by atoms with Crippen molar-refractivity contribution in [2.24, 2.45) is 11.8 Å². The second kappa shape index (κ2) is 5.73. The van der Waals surface area contributed by atoms with Crippen LogP contribution in [0.4, 0.5) is 0 Å². The Bertz CT molecular complexity index is 481. The first-order valence-electron chi connectivity index (χ1n) is 6.16. The van der Waals surface area contributed by atoms with Gasteiger partial charge in [0.15, 0.2) is 5.82 Å². The summed E-state index contributed by atoms with van der Waals surface area (Å²) in [7, 11) is 0. The van der Waals surface area contributed by atoms with Crippen LogP contribution in [0.1, 0.15) is 19.7 Å². The van der Waals surface area contributed by atoms with Crippen LogP contribution in [0.5, 0.6) is 0 Å². The van der Waals surface area contributed by atoms with Crippen LogP contribution in [0.3, 0.4) is 0 Å². The summed E-state index contributed by atoms with van der Waals surface area (Å²) in [6.45, 7) is 4.34. The summed E-state index contributed by atoms with van der Waals surface area (Å²) in [6, 6.07) is 9.78. The molecule has 5 heteroatoms. The van der Waals surface area contributed by atoms with Gasteiger partial charge in [0.1, 0.15) is 0 Å². The number of tetrazole rings is 1. The van der Waals surface area contributed by atoms with Crippen molar-refractivity contribution >= 4 is 0 Å². The number of aromatic nitrogens is 4. The van der Waals surface area contributed by atoms with Crippen LogP contribution >= 0.6 is 0 Å². The molecule has 0 saturated heterocycles. The predicted octanol–water partition coefficient (Wildman–Crippen LogP) is 1.47. The zero-order chi connectivity index (χ0) is 13.0. The van der Waals surface area contributed by atoms with Gasteiger partial charge in [0.05, 0.1) is 5.69 Å². The van der Waals surface area contributed by atoms with Crippen molar-refractivity contribution in [2.75, 3.05) is 6.61 Å². The number of hydrogen-bond acceptors (Lipinski definition) is 4. The second-order valence-electron chi connectivity index (χ2n) is 4.73. The first-order chi connectivity index (χ1) is 8.72. The molecule has 18 heavy (non-hydrogen) atoms. The van der Waals surface area contributed by atoms with Crippen molar-refractivity contribution in [3.8, 4) is 5.69 Å². The lowest BCUT2D eigenvalue weighted by atomic mass is 9.93. The Hall–Kier alpha value is -1.75. The summed E-state index contributed by atoms with van der Waals surface area (Å²) in [6.07, 6.45) is 0.677. The molecule has 2 rings (SSSR count). The minimum absolute atomic E-state index is 0.152. The molecule has 0 aliphatic heterocycles. The lowest BCUT2D eigenvalue weighted by molar-refractivity contribution is 0.186. The lowest BCUT2D eigenvalue weighted by Crippen LogP contribution is -2.19. The van der Waals surface area contributed by atoms with E-state index in [-0.39, 0.29) is 12.5 Å². The van der Waals surface area contributed by atoms with Gasteiger partial charge in [-0.15, -0.1) is 5.10 Å². The number of aliphatic hydroxyl groups excluding tert-OH is 1. The van der Waals surface area contributed by atoms with Gasteiger partial charge in [-0.25, -0.2) is 0 Å². The molecule has 0 spiro atoms. The van der Waals surface area contributed by atoms with Crippen LogP contribution in [0.15, 0.2) is 30.3 Å². The van der Waals surface area contributed by atoms with Gasteiger partial charge in [0, 0.05) is 13.0 Å². The van der Waals surface area contributed by atoms with E-state index in [0.717, 1.165) is 11.5 Å². The van der Waals surface area contributed by atoms with Gasteiger partial charge < -0.3 is 5.11 Å². The predicted molar refractivity (Wildman–Crippen MR) is 68.3 cm³/mol. The molecule has 1 unspecified atom stereocenters. The Morgan fingerprint density at radius 2 is 1.94 bits per heavy atom. The molecule has 0 fully saturated rings. The minimum atomic E-state index is 0.152. The van der Waals surface area contributed by atoms with Gasteiger partial charge in [0.2, 0.25) is 0 Å². The third-order valence-corrected chi connectivity index (χ3v) is 3.16. The van der Waals surface area contributed by atoms with E-state index in [1.807, 2.05) is 30.3 Å². The van der Waals surface area contributed by atoms with Gasteiger partial charge in [-0.1, -0.05) is 32.0 Å². The summed E-state index contributed by atoms with van der Waals surface area (Å²) < 4.78 is 1.73. The summed E-state index contributed by atoms with van der Waals surface area (Å²) in [5.74, 6) is 1.36. The van der Waals surface area contributed by atoms with Crippen LogP contribution in [-0.2, 0) is 6.42 Å². The molecule has 96 valence electrons. The van der Waals surface area contributed by atoms with Crippen molar-refractivity contribution in [1.29, 1.82) is 0 Å². The molecule has 2 aromatic rings. The summed E-state index contributed by atoms with van der Waals surface area (Å²) in [5, 5.41) is 21.2. The van der Waals surface area contributed by atoms with Crippen LogP contribution < -0.4 is 0 Å². The van der Waals surface area contributed by atoms with E-state index < -0.39 is 0 Å². The van der Waals surface area contributed by atoms with E-state index in [0.29, 0.717) is 12.3 Å². The molecule has 1 aromatic carbocycles.